The third kappa shape index (κ3) is 27.6. The first kappa shape index (κ1) is 49.4. The number of aliphatic hydroxyl groups excluding tert-OH is 2. The molecular formula is C41H75O11P. The van der Waals surface area contributed by atoms with Crippen LogP contribution in [-0.2, 0) is 32.9 Å². The van der Waals surface area contributed by atoms with Gasteiger partial charge in [-0.2, -0.15) is 0 Å². The van der Waals surface area contributed by atoms with Crippen molar-refractivity contribution in [3.8, 4) is 0 Å². The number of rotatable bonds is 34. The van der Waals surface area contributed by atoms with Crippen LogP contribution >= 0.6 is 7.82 Å². The Morgan fingerprint density at radius 3 is 1.87 bits per heavy atom. The summed E-state index contributed by atoms with van der Waals surface area (Å²) in [7, 11) is -4.81. The summed E-state index contributed by atoms with van der Waals surface area (Å²) in [5, 5.41) is 20.7. The van der Waals surface area contributed by atoms with Crippen LogP contribution in [0.1, 0.15) is 181 Å². The molecule has 11 nitrogen and oxygen atoms in total. The zero-order chi connectivity index (χ0) is 39.3. The molecule has 0 bridgehead atoms. The van der Waals surface area contributed by atoms with Crippen molar-refractivity contribution in [3.05, 3.63) is 12.2 Å². The Kier molecular flexibility index (Phi) is 28.5. The zero-order valence-corrected chi connectivity index (χ0v) is 34.2. The van der Waals surface area contributed by atoms with Crippen LogP contribution in [-0.4, -0.2) is 69.2 Å². The molecule has 0 aliphatic heterocycles. The molecular weight excluding hydrogens is 699 g/mol. The lowest BCUT2D eigenvalue weighted by Gasteiger charge is -2.19. The lowest BCUT2D eigenvalue weighted by Crippen LogP contribution is -2.29. The van der Waals surface area contributed by atoms with E-state index in [-0.39, 0.29) is 43.5 Å². The highest BCUT2D eigenvalue weighted by Gasteiger charge is 2.39. The number of phosphoric ester groups is 1. The van der Waals surface area contributed by atoms with Crippen molar-refractivity contribution in [2.75, 3.05) is 13.2 Å². The number of aliphatic hydroxyl groups is 2. The number of ketones is 1. The molecule has 0 heterocycles. The van der Waals surface area contributed by atoms with E-state index in [1.54, 1.807) is 12.2 Å². The van der Waals surface area contributed by atoms with Crippen LogP contribution < -0.4 is 0 Å². The molecule has 1 fully saturated rings. The normalized spacial score (nSPS) is 18.9. The lowest BCUT2D eigenvalue weighted by molar-refractivity contribution is -0.161. The maximum Gasteiger partial charge on any atom is 0.469 e. The van der Waals surface area contributed by atoms with Crippen LogP contribution in [0.25, 0.3) is 0 Å². The highest BCUT2D eigenvalue weighted by Crippen LogP contribution is 2.36. The van der Waals surface area contributed by atoms with E-state index in [9.17, 15) is 29.2 Å². The second-order valence-electron chi connectivity index (χ2n) is 15.6. The van der Waals surface area contributed by atoms with Crippen LogP contribution in [0.3, 0.4) is 0 Å². The van der Waals surface area contributed by atoms with E-state index in [1.807, 2.05) is 0 Å². The van der Waals surface area contributed by atoms with Crippen LogP contribution in [0.4, 0.5) is 0 Å². The van der Waals surface area contributed by atoms with E-state index in [4.69, 9.17) is 19.3 Å². The average Bonchev–Trinajstić information content (AvgIpc) is 3.36. The number of Topliss-reactive ketones (excluding diaryl/α,β-unsaturated/α-hetero) is 1. The molecule has 0 aromatic heterocycles. The van der Waals surface area contributed by atoms with Gasteiger partial charge in [-0.25, -0.2) is 4.57 Å². The Balaban J connectivity index is 2.25. The van der Waals surface area contributed by atoms with Gasteiger partial charge in [-0.1, -0.05) is 148 Å². The molecule has 0 spiro atoms. The number of esters is 2. The van der Waals surface area contributed by atoms with Gasteiger partial charge < -0.3 is 29.5 Å². The number of carbonyl (C=O) groups excluding carboxylic acids is 3. The fraction of sp³-hybridized carbons (Fsp3) is 0.878. The van der Waals surface area contributed by atoms with Crippen molar-refractivity contribution in [2.45, 2.75) is 200 Å². The lowest BCUT2D eigenvalue weighted by atomic mass is 9.88. The molecule has 0 aromatic rings. The summed E-state index contributed by atoms with van der Waals surface area (Å²) in [6.45, 7) is 5.71. The van der Waals surface area contributed by atoms with Crippen LogP contribution in [0, 0.1) is 17.8 Å². The van der Waals surface area contributed by atoms with Crippen LogP contribution in [0.15, 0.2) is 12.2 Å². The average molecular weight is 775 g/mol. The standard InChI is InChI=1S/C41H75O11P/c1-4-5-18-24-34(42)28-29-37-36(38(43)30-39(37)44)25-20-16-17-21-26-40(45)50-31-35(32-51-53(47,48)49)52-41(46)27-22-15-13-11-9-7-6-8-10-12-14-19-23-33(2)3/h28-29,33-38,42-43H,4-27,30-32H2,1-3H3,(H2,47,48,49)/b29-28+/t34-,35+,36+,37+,38-/m0/s1. The van der Waals surface area contributed by atoms with Gasteiger partial charge >= 0.3 is 19.8 Å². The number of hydrogen-bond acceptors (Lipinski definition) is 9. The highest BCUT2D eigenvalue weighted by molar-refractivity contribution is 7.46. The van der Waals surface area contributed by atoms with Gasteiger partial charge in [0.05, 0.1) is 18.8 Å². The topological polar surface area (TPSA) is 177 Å². The predicted octanol–water partition coefficient (Wildman–Crippen LogP) is 9.07. The molecule has 0 unspecified atom stereocenters. The Morgan fingerprint density at radius 1 is 0.774 bits per heavy atom. The number of phosphoric acid groups is 1. The molecule has 1 aliphatic carbocycles. The molecule has 53 heavy (non-hydrogen) atoms. The van der Waals surface area contributed by atoms with Gasteiger partial charge in [0.25, 0.3) is 0 Å². The van der Waals surface area contributed by atoms with E-state index in [1.165, 1.54) is 57.8 Å². The molecule has 1 saturated carbocycles. The molecule has 5 atom stereocenters. The third-order valence-corrected chi connectivity index (χ3v) is 10.6. The molecule has 1 rings (SSSR count). The van der Waals surface area contributed by atoms with E-state index >= 15 is 0 Å². The van der Waals surface area contributed by atoms with Crippen molar-refractivity contribution >= 4 is 25.5 Å². The summed E-state index contributed by atoms with van der Waals surface area (Å²) >= 11 is 0. The summed E-state index contributed by atoms with van der Waals surface area (Å²) in [5.41, 5.74) is 0. The number of carbonyl (C=O) groups is 3. The van der Waals surface area contributed by atoms with Crippen LogP contribution in [0.5, 0.6) is 0 Å². The van der Waals surface area contributed by atoms with Crippen LogP contribution in [0.2, 0.25) is 0 Å². The predicted molar refractivity (Wildman–Crippen MR) is 208 cm³/mol. The first-order valence-electron chi connectivity index (χ1n) is 20.9. The van der Waals surface area contributed by atoms with Gasteiger partial charge in [-0.15, -0.1) is 0 Å². The van der Waals surface area contributed by atoms with Gasteiger partial charge in [-0.05, 0) is 37.5 Å². The summed E-state index contributed by atoms with van der Waals surface area (Å²) < 4.78 is 26.4. The molecule has 0 amide bonds. The van der Waals surface area contributed by atoms with Crippen molar-refractivity contribution in [1.29, 1.82) is 0 Å². The second kappa shape index (κ2) is 30.6. The number of hydrogen-bond donors (Lipinski definition) is 4. The fourth-order valence-corrected chi connectivity index (χ4v) is 7.29. The first-order chi connectivity index (χ1) is 25.3. The van der Waals surface area contributed by atoms with Crippen molar-refractivity contribution in [2.24, 2.45) is 17.8 Å². The van der Waals surface area contributed by atoms with Gasteiger partial charge in [0, 0.05) is 25.2 Å². The molecule has 0 aromatic carbocycles. The van der Waals surface area contributed by atoms with Gasteiger partial charge in [-0.3, -0.25) is 18.9 Å². The number of allylic oxidation sites excluding steroid dienone is 1. The van der Waals surface area contributed by atoms with Gasteiger partial charge in [0.2, 0.25) is 0 Å². The van der Waals surface area contributed by atoms with Crippen molar-refractivity contribution < 1.29 is 52.9 Å². The van der Waals surface area contributed by atoms with E-state index < -0.39 is 44.7 Å². The van der Waals surface area contributed by atoms with Crippen molar-refractivity contribution in [3.63, 3.8) is 0 Å². The quantitative estimate of drug-likeness (QED) is 0.0212. The molecule has 0 radical (unpaired) electrons. The highest BCUT2D eigenvalue weighted by atomic mass is 31.2. The van der Waals surface area contributed by atoms with Gasteiger partial charge in [0.15, 0.2) is 6.10 Å². The fourth-order valence-electron chi connectivity index (χ4n) is 6.93. The third-order valence-electron chi connectivity index (χ3n) is 10.1. The minimum Gasteiger partial charge on any atom is -0.462 e. The van der Waals surface area contributed by atoms with Gasteiger partial charge in [0.1, 0.15) is 12.4 Å². The Morgan fingerprint density at radius 2 is 1.30 bits per heavy atom. The summed E-state index contributed by atoms with van der Waals surface area (Å²) in [6.07, 6.45) is 24.2. The second-order valence-corrected chi connectivity index (χ2v) is 16.8. The molecule has 1 aliphatic rings. The maximum atomic E-state index is 12.5. The number of ether oxygens (including phenoxy) is 2. The largest absolute Gasteiger partial charge is 0.469 e. The minimum atomic E-state index is -4.81. The number of unbranched alkanes of at least 4 members (excludes halogenated alkanes) is 16. The smallest absolute Gasteiger partial charge is 0.462 e. The van der Waals surface area contributed by atoms with Crippen molar-refractivity contribution in [1.82, 2.24) is 0 Å². The maximum absolute atomic E-state index is 12.5. The Hall–Kier alpha value is -1.62. The molecule has 4 N–H and O–H groups in total. The van der Waals surface area contributed by atoms with E-state index in [0.717, 1.165) is 63.7 Å². The molecule has 310 valence electrons. The zero-order valence-electron chi connectivity index (χ0n) is 33.3. The minimum absolute atomic E-state index is 0.00192. The summed E-state index contributed by atoms with van der Waals surface area (Å²) in [4.78, 5) is 55.5. The SMILES string of the molecule is CCCCC[C@H](O)/C=C/[C@H]1C(=O)C[C@H](O)[C@@H]1CCCCCCC(=O)OC[C@H](COP(=O)(O)O)OC(=O)CCCCCCCCCCCCCCC(C)C. The van der Waals surface area contributed by atoms with E-state index in [2.05, 4.69) is 25.3 Å². The summed E-state index contributed by atoms with van der Waals surface area (Å²) in [5.74, 6) is -0.801. The summed E-state index contributed by atoms with van der Waals surface area (Å²) in [6, 6.07) is 0. The molecule has 12 heteroatoms. The Labute approximate surface area is 320 Å². The Bertz CT molecular complexity index is 1040. The van der Waals surface area contributed by atoms with E-state index in [0.29, 0.717) is 25.7 Å². The first-order valence-corrected chi connectivity index (χ1v) is 22.5. The molecule has 0 saturated heterocycles. The monoisotopic (exact) mass is 775 g/mol.